The molecule has 1 amide bonds. The summed E-state index contributed by atoms with van der Waals surface area (Å²) in [6, 6.07) is 0. The average molecular weight is 476 g/mol. The molecule has 10 heteroatoms. The molecule has 1 fully saturated rings. The Balaban J connectivity index is 1.70. The van der Waals surface area contributed by atoms with E-state index in [1.54, 1.807) is 11.9 Å². The SMILES string of the molecule is CCn1nc(C)c(CN(C)C(=O)CCn2nc(C(F)(F)F)c(Br)c2C2CC2)c1C. The zero-order valence-corrected chi connectivity index (χ0v) is 18.6. The highest BCUT2D eigenvalue weighted by Crippen LogP contribution is 2.47. The highest BCUT2D eigenvalue weighted by molar-refractivity contribution is 9.10. The molecule has 3 rings (SSSR count). The number of rotatable bonds is 7. The first-order valence-electron chi connectivity index (χ1n) is 9.64. The van der Waals surface area contributed by atoms with E-state index in [9.17, 15) is 18.0 Å². The van der Waals surface area contributed by atoms with Crippen molar-refractivity contribution in [3.05, 3.63) is 32.8 Å². The van der Waals surface area contributed by atoms with Crippen molar-refractivity contribution in [3.8, 4) is 0 Å². The summed E-state index contributed by atoms with van der Waals surface area (Å²) in [4.78, 5) is 14.2. The van der Waals surface area contributed by atoms with Crippen molar-refractivity contribution in [1.82, 2.24) is 24.5 Å². The van der Waals surface area contributed by atoms with Gasteiger partial charge in [-0.25, -0.2) is 0 Å². The molecule has 1 aliphatic rings. The van der Waals surface area contributed by atoms with Crippen molar-refractivity contribution < 1.29 is 18.0 Å². The lowest BCUT2D eigenvalue weighted by Gasteiger charge is -2.18. The lowest BCUT2D eigenvalue weighted by atomic mass is 10.2. The second kappa shape index (κ2) is 8.12. The van der Waals surface area contributed by atoms with Gasteiger partial charge in [-0.3, -0.25) is 14.2 Å². The summed E-state index contributed by atoms with van der Waals surface area (Å²) >= 11 is 3.08. The molecular weight excluding hydrogens is 451 g/mol. The third-order valence-electron chi connectivity index (χ3n) is 5.35. The fraction of sp³-hybridized carbons (Fsp3) is 0.632. The average Bonchev–Trinajstić information content (AvgIpc) is 3.37. The van der Waals surface area contributed by atoms with Crippen LogP contribution < -0.4 is 0 Å². The van der Waals surface area contributed by atoms with E-state index in [4.69, 9.17) is 0 Å². The van der Waals surface area contributed by atoms with Crippen LogP contribution in [-0.4, -0.2) is 37.4 Å². The summed E-state index contributed by atoms with van der Waals surface area (Å²) in [5.41, 5.74) is 2.53. The molecule has 1 saturated carbocycles. The molecule has 0 atom stereocenters. The first-order valence-corrected chi connectivity index (χ1v) is 10.4. The number of halogens is 4. The van der Waals surface area contributed by atoms with Crippen LogP contribution in [0.1, 0.15) is 60.4 Å². The molecule has 0 unspecified atom stereocenters. The largest absolute Gasteiger partial charge is 0.436 e. The van der Waals surface area contributed by atoms with Gasteiger partial charge in [0.2, 0.25) is 5.91 Å². The number of carbonyl (C=O) groups is 1. The molecule has 2 aromatic heterocycles. The fourth-order valence-electron chi connectivity index (χ4n) is 3.54. The highest BCUT2D eigenvalue weighted by atomic mass is 79.9. The Morgan fingerprint density at radius 1 is 1.24 bits per heavy atom. The van der Waals surface area contributed by atoms with E-state index in [-0.39, 0.29) is 29.3 Å². The van der Waals surface area contributed by atoms with Gasteiger partial charge in [0.25, 0.3) is 0 Å². The zero-order chi connectivity index (χ0) is 21.5. The quantitative estimate of drug-likeness (QED) is 0.595. The van der Waals surface area contributed by atoms with Crippen LogP contribution in [-0.2, 0) is 30.6 Å². The van der Waals surface area contributed by atoms with Gasteiger partial charge in [0.1, 0.15) is 0 Å². The van der Waals surface area contributed by atoms with Gasteiger partial charge in [-0.15, -0.1) is 0 Å². The van der Waals surface area contributed by atoms with Crippen molar-refractivity contribution >= 4 is 21.8 Å². The molecule has 2 heterocycles. The van der Waals surface area contributed by atoms with Crippen molar-refractivity contribution in [1.29, 1.82) is 0 Å². The molecule has 1 aliphatic carbocycles. The standard InChI is InChI=1S/C19H25BrF3N5O/c1-5-27-12(3)14(11(2)24-27)10-26(4)15(29)8-9-28-17(13-6-7-13)16(20)18(25-28)19(21,22)23/h13H,5-10H2,1-4H3. The summed E-state index contributed by atoms with van der Waals surface area (Å²) in [5, 5.41) is 8.22. The van der Waals surface area contributed by atoms with Gasteiger partial charge in [0, 0.05) is 43.7 Å². The third kappa shape index (κ3) is 4.51. The summed E-state index contributed by atoms with van der Waals surface area (Å²) in [6.07, 6.45) is -2.75. The molecule has 0 saturated heterocycles. The lowest BCUT2D eigenvalue weighted by molar-refractivity contribution is -0.142. The van der Waals surface area contributed by atoms with E-state index < -0.39 is 11.9 Å². The van der Waals surface area contributed by atoms with E-state index >= 15 is 0 Å². The van der Waals surface area contributed by atoms with Crippen LogP contribution in [0.5, 0.6) is 0 Å². The fourth-order valence-corrected chi connectivity index (χ4v) is 4.37. The summed E-state index contributed by atoms with van der Waals surface area (Å²) in [5.74, 6) is -0.0686. The van der Waals surface area contributed by atoms with E-state index in [1.165, 1.54) is 4.68 Å². The molecule has 0 bridgehead atoms. The van der Waals surface area contributed by atoms with Gasteiger partial charge in [0.05, 0.1) is 22.4 Å². The second-order valence-electron chi connectivity index (χ2n) is 7.51. The number of alkyl halides is 3. The number of carbonyl (C=O) groups excluding carboxylic acids is 1. The zero-order valence-electron chi connectivity index (χ0n) is 17.0. The van der Waals surface area contributed by atoms with Gasteiger partial charge in [-0.1, -0.05) is 0 Å². The number of hydrogen-bond donors (Lipinski definition) is 0. The van der Waals surface area contributed by atoms with Crippen molar-refractivity contribution in [3.63, 3.8) is 0 Å². The van der Waals surface area contributed by atoms with Crippen LogP contribution in [0.2, 0.25) is 0 Å². The topological polar surface area (TPSA) is 56.0 Å². The Morgan fingerprint density at radius 3 is 2.41 bits per heavy atom. The molecule has 6 nitrogen and oxygen atoms in total. The van der Waals surface area contributed by atoms with E-state index in [1.807, 2.05) is 25.5 Å². The smallest absolute Gasteiger partial charge is 0.341 e. The van der Waals surface area contributed by atoms with Crippen LogP contribution in [0.4, 0.5) is 13.2 Å². The predicted octanol–water partition coefficient (Wildman–Crippen LogP) is 4.42. The van der Waals surface area contributed by atoms with Gasteiger partial charge in [0.15, 0.2) is 5.69 Å². The van der Waals surface area contributed by atoms with Crippen molar-refractivity contribution in [2.75, 3.05) is 7.05 Å². The van der Waals surface area contributed by atoms with Gasteiger partial charge in [-0.05, 0) is 49.5 Å². The van der Waals surface area contributed by atoms with Crippen LogP contribution in [0, 0.1) is 13.8 Å². The molecule has 0 radical (unpaired) electrons. The Morgan fingerprint density at radius 2 is 1.90 bits per heavy atom. The van der Waals surface area contributed by atoms with Crippen LogP contribution in [0.25, 0.3) is 0 Å². The molecule has 0 aromatic carbocycles. The minimum absolute atomic E-state index is 0.00605. The molecule has 29 heavy (non-hydrogen) atoms. The molecule has 160 valence electrons. The Hall–Kier alpha value is -1.84. The number of amides is 1. The number of aromatic nitrogens is 4. The maximum Gasteiger partial charge on any atom is 0.436 e. The van der Waals surface area contributed by atoms with Crippen LogP contribution >= 0.6 is 15.9 Å². The lowest BCUT2D eigenvalue weighted by Crippen LogP contribution is -2.28. The minimum atomic E-state index is -4.52. The molecule has 0 N–H and O–H groups in total. The first-order chi connectivity index (χ1) is 13.5. The van der Waals surface area contributed by atoms with Gasteiger partial charge < -0.3 is 4.90 Å². The van der Waals surface area contributed by atoms with Crippen LogP contribution in [0.3, 0.4) is 0 Å². The van der Waals surface area contributed by atoms with Gasteiger partial charge >= 0.3 is 6.18 Å². The Kier molecular flexibility index (Phi) is 6.12. The van der Waals surface area contributed by atoms with Gasteiger partial charge in [-0.2, -0.15) is 23.4 Å². The Bertz CT molecular complexity index is 914. The minimum Gasteiger partial charge on any atom is -0.341 e. The summed E-state index contributed by atoms with van der Waals surface area (Å²) in [6.45, 7) is 7.18. The number of hydrogen-bond acceptors (Lipinski definition) is 3. The monoisotopic (exact) mass is 475 g/mol. The molecule has 0 spiro atoms. The predicted molar refractivity (Wildman–Crippen MR) is 105 cm³/mol. The van der Waals surface area contributed by atoms with Crippen molar-refractivity contribution in [2.45, 2.75) is 71.8 Å². The molecule has 0 aliphatic heterocycles. The summed E-state index contributed by atoms with van der Waals surface area (Å²) in [7, 11) is 1.70. The number of aryl methyl sites for hydroxylation is 3. The second-order valence-corrected chi connectivity index (χ2v) is 8.30. The molecule has 2 aromatic rings. The normalized spacial score (nSPS) is 14.5. The van der Waals surface area contributed by atoms with E-state index in [0.29, 0.717) is 12.2 Å². The Labute approximate surface area is 176 Å². The maximum atomic E-state index is 13.2. The summed E-state index contributed by atoms with van der Waals surface area (Å²) < 4.78 is 42.9. The highest BCUT2D eigenvalue weighted by Gasteiger charge is 2.41. The molecular formula is C19H25BrF3N5O. The first kappa shape index (κ1) is 21.9. The van der Waals surface area contributed by atoms with Crippen molar-refractivity contribution in [2.24, 2.45) is 0 Å². The van der Waals surface area contributed by atoms with E-state index in [2.05, 4.69) is 26.1 Å². The third-order valence-corrected chi connectivity index (χ3v) is 6.14. The van der Waals surface area contributed by atoms with Crippen LogP contribution in [0.15, 0.2) is 4.47 Å². The number of nitrogens with zero attached hydrogens (tertiary/aromatic N) is 5. The van der Waals surface area contributed by atoms with E-state index in [0.717, 1.165) is 36.3 Å². The maximum absolute atomic E-state index is 13.2.